The number of nitrogens with zero attached hydrogens (tertiary/aromatic N) is 1. The third-order valence-corrected chi connectivity index (χ3v) is 7.47. The lowest BCUT2D eigenvalue weighted by molar-refractivity contribution is -0.153. The Balaban J connectivity index is 1.90. The average molecular weight is 515 g/mol. The number of phenols is 1. The number of hydrogen-bond acceptors (Lipinski definition) is 10. The fourth-order valence-electron chi connectivity index (χ4n) is 5.88. The molecule has 1 amide bonds. The highest BCUT2D eigenvalue weighted by Gasteiger charge is 2.63. The van der Waals surface area contributed by atoms with E-state index in [9.17, 15) is 34.5 Å². The molecule has 4 atom stereocenters. The molecule has 11 nitrogen and oxygen atoms in total. The number of esters is 1. The number of phenolic OH excluding ortho intramolecular Hbond substituents is 1. The van der Waals surface area contributed by atoms with Crippen molar-refractivity contribution in [1.82, 2.24) is 4.90 Å². The SMILES string of the molecule is CCOC(=O)COC1=C(C(N)=O)C(=O)[C@@]2(O)C(O)=C3C(=O)c4c(O)ccc(C)c4C[C@H]3C[C@H]2[C@@H]1N(C)C. The van der Waals surface area contributed by atoms with E-state index in [0.717, 1.165) is 5.56 Å². The highest BCUT2D eigenvalue weighted by molar-refractivity contribution is 6.24. The zero-order valence-electron chi connectivity index (χ0n) is 21.0. The lowest BCUT2D eigenvalue weighted by Crippen LogP contribution is -2.64. The molecule has 0 saturated carbocycles. The number of Topliss-reactive ketones (excluding diaryl/α,β-unsaturated/α-hetero) is 2. The van der Waals surface area contributed by atoms with Crippen LogP contribution in [0.3, 0.4) is 0 Å². The summed E-state index contributed by atoms with van der Waals surface area (Å²) in [6, 6.07) is 2.09. The zero-order valence-corrected chi connectivity index (χ0v) is 21.0. The number of aryl methyl sites for hydroxylation is 1. The van der Waals surface area contributed by atoms with Crippen molar-refractivity contribution in [2.24, 2.45) is 17.6 Å². The molecule has 0 saturated heterocycles. The minimum Gasteiger partial charge on any atom is -0.508 e. The van der Waals surface area contributed by atoms with Crippen molar-refractivity contribution in [3.8, 4) is 5.75 Å². The first-order valence-electron chi connectivity index (χ1n) is 11.9. The van der Waals surface area contributed by atoms with Crippen molar-refractivity contribution >= 4 is 23.4 Å². The molecule has 198 valence electrons. The lowest BCUT2D eigenvalue weighted by atomic mass is 9.58. The van der Waals surface area contributed by atoms with E-state index in [0.29, 0.717) is 5.56 Å². The van der Waals surface area contributed by atoms with E-state index in [1.807, 2.05) is 0 Å². The molecule has 4 rings (SSSR count). The number of carbonyl (C=O) groups is 4. The van der Waals surface area contributed by atoms with Gasteiger partial charge in [-0.3, -0.25) is 19.3 Å². The number of aliphatic hydroxyl groups is 2. The van der Waals surface area contributed by atoms with E-state index in [-0.39, 0.29) is 42.1 Å². The number of aliphatic hydroxyl groups excluding tert-OH is 1. The van der Waals surface area contributed by atoms with Gasteiger partial charge in [-0.1, -0.05) is 6.07 Å². The van der Waals surface area contributed by atoms with Crippen LogP contribution in [0.4, 0.5) is 0 Å². The van der Waals surface area contributed by atoms with Gasteiger partial charge in [0.05, 0.1) is 18.2 Å². The highest BCUT2D eigenvalue weighted by atomic mass is 16.6. The molecule has 0 bridgehead atoms. The third kappa shape index (κ3) is 3.89. The summed E-state index contributed by atoms with van der Waals surface area (Å²) in [5.74, 6) is -6.88. The van der Waals surface area contributed by atoms with Gasteiger partial charge in [0.15, 0.2) is 18.0 Å². The van der Waals surface area contributed by atoms with Gasteiger partial charge in [0.2, 0.25) is 5.78 Å². The van der Waals surface area contributed by atoms with E-state index in [2.05, 4.69) is 0 Å². The number of rotatable bonds is 6. The molecule has 1 aromatic carbocycles. The number of ketones is 2. The Hall–Kier alpha value is -3.70. The van der Waals surface area contributed by atoms with Crippen molar-refractivity contribution in [2.45, 2.75) is 38.3 Å². The van der Waals surface area contributed by atoms with Crippen LogP contribution in [0.25, 0.3) is 0 Å². The Bertz CT molecular complexity index is 1280. The van der Waals surface area contributed by atoms with Crippen LogP contribution in [0.2, 0.25) is 0 Å². The van der Waals surface area contributed by atoms with Crippen LogP contribution in [0.15, 0.2) is 34.8 Å². The molecule has 37 heavy (non-hydrogen) atoms. The fraction of sp³-hybridized carbons (Fsp3) is 0.462. The van der Waals surface area contributed by atoms with Gasteiger partial charge in [-0.2, -0.15) is 0 Å². The van der Waals surface area contributed by atoms with Crippen molar-refractivity contribution in [3.63, 3.8) is 0 Å². The molecule has 0 fully saturated rings. The standard InChI is InChI=1S/C26H30N2O9/c1-5-36-16(30)10-37-22-19(25(27)34)24(33)26(35)14(20(22)28(3)4)9-12-8-13-11(2)6-7-15(29)18(13)21(31)17(12)23(26)32/h6-7,12,14,20,29,32,35H,5,8-10H2,1-4H3,(H2,27,34)/t12-,14-,20-,26-/m0/s1. The van der Waals surface area contributed by atoms with Crippen molar-refractivity contribution < 1.29 is 44.0 Å². The molecular formula is C26H30N2O9. The van der Waals surface area contributed by atoms with E-state index < -0.39 is 64.9 Å². The summed E-state index contributed by atoms with van der Waals surface area (Å²) in [4.78, 5) is 53.2. The number of ether oxygens (including phenoxy) is 2. The second-order valence-electron chi connectivity index (χ2n) is 9.79. The normalized spacial score (nSPS) is 27.0. The number of hydrogen-bond donors (Lipinski definition) is 4. The Labute approximate surface area is 213 Å². The number of amides is 1. The van der Waals surface area contributed by atoms with Crippen LogP contribution < -0.4 is 5.73 Å². The smallest absolute Gasteiger partial charge is 0.344 e. The maximum absolute atomic E-state index is 13.7. The largest absolute Gasteiger partial charge is 0.508 e. The number of nitrogens with two attached hydrogens (primary N) is 1. The first kappa shape index (κ1) is 26.4. The summed E-state index contributed by atoms with van der Waals surface area (Å²) in [6.07, 6.45) is 0.329. The quantitative estimate of drug-likeness (QED) is 0.308. The van der Waals surface area contributed by atoms with E-state index in [4.69, 9.17) is 15.2 Å². The van der Waals surface area contributed by atoms with E-state index >= 15 is 0 Å². The first-order valence-corrected chi connectivity index (χ1v) is 11.9. The summed E-state index contributed by atoms with van der Waals surface area (Å²) in [7, 11) is 3.24. The first-order chi connectivity index (χ1) is 17.4. The Kier molecular flexibility index (Phi) is 6.63. The minimum absolute atomic E-state index is 0.0105. The molecule has 1 aromatic rings. The number of allylic oxidation sites excluding steroid dienone is 1. The fourth-order valence-corrected chi connectivity index (χ4v) is 5.88. The molecule has 0 spiro atoms. The van der Waals surface area contributed by atoms with Crippen LogP contribution in [0.1, 0.15) is 34.8 Å². The van der Waals surface area contributed by atoms with Crippen LogP contribution in [-0.2, 0) is 30.3 Å². The maximum Gasteiger partial charge on any atom is 0.344 e. The van der Waals surface area contributed by atoms with Gasteiger partial charge in [0.25, 0.3) is 5.91 Å². The molecule has 3 aliphatic carbocycles. The third-order valence-electron chi connectivity index (χ3n) is 7.47. The second-order valence-corrected chi connectivity index (χ2v) is 9.79. The predicted octanol–water partition coefficient (Wildman–Crippen LogP) is 0.451. The number of primary amides is 1. The molecule has 3 aliphatic rings. The van der Waals surface area contributed by atoms with E-state index in [1.54, 1.807) is 38.9 Å². The molecule has 0 aromatic heterocycles. The van der Waals surface area contributed by atoms with Crippen molar-refractivity contribution in [3.05, 3.63) is 51.5 Å². The predicted molar refractivity (Wildman–Crippen MR) is 128 cm³/mol. The minimum atomic E-state index is -2.66. The average Bonchev–Trinajstić information content (AvgIpc) is 2.81. The molecule has 11 heteroatoms. The van der Waals surface area contributed by atoms with Crippen molar-refractivity contribution in [1.29, 1.82) is 0 Å². The van der Waals surface area contributed by atoms with E-state index in [1.165, 1.54) is 6.07 Å². The van der Waals surface area contributed by atoms with Crippen LogP contribution in [0, 0.1) is 18.8 Å². The van der Waals surface area contributed by atoms with Gasteiger partial charge < -0.3 is 30.5 Å². The summed E-state index contributed by atoms with van der Waals surface area (Å²) < 4.78 is 10.5. The summed E-state index contributed by atoms with van der Waals surface area (Å²) in [6.45, 7) is 2.90. The number of aromatic hydroxyl groups is 1. The molecule has 0 heterocycles. The Morgan fingerprint density at radius 1 is 1.22 bits per heavy atom. The van der Waals surface area contributed by atoms with Gasteiger partial charge in [0.1, 0.15) is 22.8 Å². The second kappa shape index (κ2) is 9.31. The molecule has 0 aliphatic heterocycles. The molecule has 0 unspecified atom stereocenters. The monoisotopic (exact) mass is 514 g/mol. The molecule has 5 N–H and O–H groups in total. The molecule has 0 radical (unpaired) electrons. The number of carbonyl (C=O) groups excluding carboxylic acids is 4. The maximum atomic E-state index is 13.7. The number of benzene rings is 1. The van der Waals surface area contributed by atoms with Gasteiger partial charge in [-0.05, 0) is 63.9 Å². The summed E-state index contributed by atoms with van der Waals surface area (Å²) in [5, 5.41) is 33.5. The topological polar surface area (TPSA) is 177 Å². The number of likely N-dealkylation sites (N-methyl/N-ethyl adjacent to an activating group) is 1. The van der Waals surface area contributed by atoms with Crippen LogP contribution in [-0.4, -0.2) is 82.6 Å². The van der Waals surface area contributed by atoms with Gasteiger partial charge >= 0.3 is 5.97 Å². The summed E-state index contributed by atoms with van der Waals surface area (Å²) >= 11 is 0. The molecular weight excluding hydrogens is 484 g/mol. The Morgan fingerprint density at radius 3 is 2.49 bits per heavy atom. The van der Waals surface area contributed by atoms with Gasteiger partial charge in [0, 0.05) is 11.5 Å². The summed E-state index contributed by atoms with van der Waals surface area (Å²) in [5.41, 5.74) is 3.37. The van der Waals surface area contributed by atoms with Gasteiger partial charge in [-0.25, -0.2) is 4.79 Å². The van der Waals surface area contributed by atoms with Gasteiger partial charge in [-0.15, -0.1) is 0 Å². The Morgan fingerprint density at radius 2 is 1.89 bits per heavy atom. The lowest BCUT2D eigenvalue weighted by Gasteiger charge is -2.50. The van der Waals surface area contributed by atoms with Crippen LogP contribution >= 0.6 is 0 Å². The number of fused-ring (bicyclic) bond motifs is 3. The highest BCUT2D eigenvalue weighted by Crippen LogP contribution is 2.52. The van der Waals surface area contributed by atoms with Crippen molar-refractivity contribution in [2.75, 3.05) is 27.3 Å². The zero-order chi connectivity index (χ0) is 27.4. The van der Waals surface area contributed by atoms with Crippen LogP contribution in [0.5, 0.6) is 5.75 Å².